The van der Waals surface area contributed by atoms with Crippen molar-refractivity contribution in [1.29, 1.82) is 0 Å². The number of pyridine rings is 1. The Morgan fingerprint density at radius 1 is 1.12 bits per heavy atom. The Labute approximate surface area is 198 Å². The first-order valence-corrected chi connectivity index (χ1v) is 16.0. The summed E-state index contributed by atoms with van der Waals surface area (Å²) in [5.74, 6) is 0.484. The predicted molar refractivity (Wildman–Crippen MR) is 137 cm³/mol. The maximum Gasteiger partial charge on any atom is 0.240 e. The van der Waals surface area contributed by atoms with E-state index in [9.17, 15) is 4.21 Å². The largest absolute Gasteiger partial charge is 0.479 e. The van der Waals surface area contributed by atoms with Gasteiger partial charge in [-0.2, -0.15) is 0 Å². The van der Waals surface area contributed by atoms with E-state index in [0.29, 0.717) is 17.9 Å². The van der Waals surface area contributed by atoms with E-state index in [1.807, 2.05) is 6.07 Å². The van der Waals surface area contributed by atoms with Crippen molar-refractivity contribution < 1.29 is 8.95 Å². The van der Waals surface area contributed by atoms with Crippen molar-refractivity contribution in [1.82, 2.24) is 19.3 Å². The van der Waals surface area contributed by atoms with Crippen LogP contribution >= 0.6 is 0 Å². The quantitative estimate of drug-likeness (QED) is 0.484. The van der Waals surface area contributed by atoms with E-state index in [0.717, 1.165) is 29.6 Å². The van der Waals surface area contributed by atoms with Gasteiger partial charge in [-0.15, -0.1) is 0 Å². The number of rotatable bonds is 4. The van der Waals surface area contributed by atoms with Crippen molar-refractivity contribution in [3.63, 3.8) is 0 Å². The van der Waals surface area contributed by atoms with Gasteiger partial charge in [-0.1, -0.05) is 32.9 Å². The summed E-state index contributed by atoms with van der Waals surface area (Å²) in [4.78, 5) is 13.2. The average Bonchev–Trinajstić information content (AvgIpc) is 2.76. The molecule has 9 heteroatoms. The van der Waals surface area contributed by atoms with Crippen LogP contribution in [0.25, 0.3) is 22.2 Å². The molecule has 0 bridgehead atoms. The van der Waals surface area contributed by atoms with Crippen LogP contribution in [-0.2, 0) is 22.9 Å². The minimum Gasteiger partial charge on any atom is -0.479 e. The molecular formula is C24H33N5O2SSi. The van der Waals surface area contributed by atoms with Gasteiger partial charge in [0.15, 0.2) is 8.24 Å². The SMILES string of the molecule is COc1nccc2c(-c3ccc4c(c3)CN(S(C)(=O)=N[Si](C)(C)C(C)(C)C)CC4)ncnc12. The number of methoxy groups -OCH3 is 1. The van der Waals surface area contributed by atoms with Crippen LogP contribution < -0.4 is 4.74 Å². The number of hydrogen-bond donors (Lipinski definition) is 0. The van der Waals surface area contributed by atoms with Crippen LogP contribution in [0.3, 0.4) is 0 Å². The molecule has 176 valence electrons. The zero-order valence-corrected chi connectivity index (χ0v) is 22.4. The van der Waals surface area contributed by atoms with Gasteiger partial charge >= 0.3 is 0 Å². The second kappa shape index (κ2) is 8.45. The number of hydrogen-bond acceptors (Lipinski definition) is 6. The van der Waals surface area contributed by atoms with Crippen molar-refractivity contribution in [3.8, 4) is 17.1 Å². The van der Waals surface area contributed by atoms with Crippen LogP contribution in [0.1, 0.15) is 31.9 Å². The summed E-state index contributed by atoms with van der Waals surface area (Å²) in [6, 6.07) is 8.34. The topological polar surface area (TPSA) is 80.6 Å². The summed E-state index contributed by atoms with van der Waals surface area (Å²) in [7, 11) is -2.92. The Morgan fingerprint density at radius 3 is 2.58 bits per heavy atom. The minimum atomic E-state index is -2.47. The van der Waals surface area contributed by atoms with E-state index >= 15 is 0 Å². The Morgan fingerprint density at radius 2 is 1.88 bits per heavy atom. The van der Waals surface area contributed by atoms with Crippen molar-refractivity contribution in [3.05, 3.63) is 47.9 Å². The van der Waals surface area contributed by atoms with Gasteiger partial charge in [0.1, 0.15) is 11.8 Å². The molecule has 1 atom stereocenters. The van der Waals surface area contributed by atoms with Gasteiger partial charge in [-0.05, 0) is 47.8 Å². The van der Waals surface area contributed by atoms with Crippen LogP contribution in [0.4, 0.5) is 0 Å². The van der Waals surface area contributed by atoms with Crippen molar-refractivity contribution in [2.45, 2.75) is 51.9 Å². The number of ether oxygens (including phenoxy) is 1. The first-order valence-electron chi connectivity index (χ1n) is 11.2. The minimum absolute atomic E-state index is 0.0521. The van der Waals surface area contributed by atoms with Gasteiger partial charge in [0.2, 0.25) is 5.88 Å². The molecule has 0 saturated carbocycles. The smallest absolute Gasteiger partial charge is 0.240 e. The molecule has 1 aliphatic heterocycles. The van der Waals surface area contributed by atoms with Crippen molar-refractivity contribution in [2.24, 2.45) is 4.03 Å². The highest BCUT2D eigenvalue weighted by atomic mass is 32.2. The molecule has 4 rings (SSSR count). The molecule has 0 saturated heterocycles. The summed E-state index contributed by atoms with van der Waals surface area (Å²) >= 11 is 0. The van der Waals surface area contributed by atoms with Crippen LogP contribution in [0, 0.1) is 0 Å². The molecule has 0 amide bonds. The van der Waals surface area contributed by atoms with Gasteiger partial charge in [0.05, 0.1) is 22.7 Å². The zero-order valence-electron chi connectivity index (χ0n) is 20.5. The Kier molecular flexibility index (Phi) is 6.09. The third kappa shape index (κ3) is 4.54. The van der Waals surface area contributed by atoms with Crippen LogP contribution in [0.2, 0.25) is 18.1 Å². The normalized spacial score (nSPS) is 16.8. The highest BCUT2D eigenvalue weighted by Crippen LogP contribution is 2.38. The fourth-order valence-electron chi connectivity index (χ4n) is 3.93. The van der Waals surface area contributed by atoms with Crippen LogP contribution in [-0.4, -0.2) is 51.6 Å². The molecule has 33 heavy (non-hydrogen) atoms. The lowest BCUT2D eigenvalue weighted by molar-refractivity contribution is 0.402. The van der Waals surface area contributed by atoms with E-state index in [1.165, 1.54) is 11.1 Å². The molecule has 0 aliphatic carbocycles. The Balaban J connectivity index is 1.73. The number of fused-ring (bicyclic) bond motifs is 2. The van der Waals surface area contributed by atoms with Crippen LogP contribution in [0.5, 0.6) is 5.88 Å². The lowest BCUT2D eigenvalue weighted by Gasteiger charge is -2.36. The second-order valence-electron chi connectivity index (χ2n) is 10.2. The highest BCUT2D eigenvalue weighted by molar-refractivity contribution is 7.91. The molecule has 3 heterocycles. The standard InChI is InChI=1S/C24H33N5O2SSi/c1-24(2,3)33(6,7)28-32(5,30)29-13-11-17-8-9-18(14-19(17)15-29)21-20-10-12-25-23(31-4)22(20)27-16-26-21/h8-10,12,14,16H,11,13,15H2,1-7H3. The van der Waals surface area contributed by atoms with E-state index < -0.39 is 18.2 Å². The predicted octanol–water partition coefficient (Wildman–Crippen LogP) is 5.08. The highest BCUT2D eigenvalue weighted by Gasteiger charge is 2.38. The molecule has 0 fully saturated rings. The third-order valence-electron chi connectivity index (χ3n) is 6.88. The van der Waals surface area contributed by atoms with Gasteiger partial charge < -0.3 is 4.74 Å². The monoisotopic (exact) mass is 483 g/mol. The Hall–Kier alpha value is -2.36. The van der Waals surface area contributed by atoms with Crippen LogP contribution in [0.15, 0.2) is 40.8 Å². The molecule has 3 aromatic rings. The van der Waals surface area contributed by atoms with E-state index in [1.54, 1.807) is 25.9 Å². The van der Waals surface area contributed by atoms with Crippen molar-refractivity contribution in [2.75, 3.05) is 19.9 Å². The summed E-state index contributed by atoms with van der Waals surface area (Å²) in [5, 5.41) is 0.945. The lowest BCUT2D eigenvalue weighted by atomic mass is 9.96. The summed E-state index contributed by atoms with van der Waals surface area (Å²) in [6.07, 6.45) is 5.92. The number of aromatic nitrogens is 3. The molecule has 0 spiro atoms. The average molecular weight is 484 g/mol. The maximum absolute atomic E-state index is 13.8. The van der Waals surface area contributed by atoms with E-state index in [2.05, 4.69) is 71.3 Å². The van der Waals surface area contributed by atoms with E-state index in [-0.39, 0.29) is 5.04 Å². The molecule has 1 aliphatic rings. The number of nitrogens with zero attached hydrogens (tertiary/aromatic N) is 5. The molecular weight excluding hydrogens is 450 g/mol. The maximum atomic E-state index is 13.8. The Bertz CT molecular complexity index is 1330. The second-order valence-corrected chi connectivity index (χ2v) is 17.6. The fraction of sp³-hybridized carbons (Fsp3) is 0.458. The van der Waals surface area contributed by atoms with Crippen molar-refractivity contribution >= 4 is 29.1 Å². The first-order chi connectivity index (χ1) is 15.4. The lowest BCUT2D eigenvalue weighted by Crippen LogP contribution is -2.41. The van der Waals surface area contributed by atoms with Gasteiger partial charge in [0, 0.05) is 36.5 Å². The molecule has 7 nitrogen and oxygen atoms in total. The summed E-state index contributed by atoms with van der Waals surface area (Å²) in [6.45, 7) is 12.4. The molecule has 2 aromatic heterocycles. The zero-order chi connectivity index (χ0) is 24.0. The van der Waals surface area contributed by atoms with Gasteiger partial charge in [0.25, 0.3) is 0 Å². The summed E-state index contributed by atoms with van der Waals surface area (Å²) < 4.78 is 26.2. The third-order valence-corrected chi connectivity index (χ3v) is 15.0. The first kappa shape index (κ1) is 23.8. The molecule has 1 unspecified atom stereocenters. The number of benzene rings is 1. The molecule has 1 aromatic carbocycles. The molecule has 0 radical (unpaired) electrons. The van der Waals surface area contributed by atoms with Gasteiger partial charge in [-0.25, -0.2) is 23.5 Å². The molecule has 0 N–H and O–H groups in total. The van der Waals surface area contributed by atoms with Gasteiger partial charge in [-0.3, -0.25) is 4.03 Å². The van der Waals surface area contributed by atoms with E-state index in [4.69, 9.17) is 8.77 Å². The fourth-order valence-corrected chi connectivity index (χ4v) is 9.68. The summed E-state index contributed by atoms with van der Waals surface area (Å²) in [5.41, 5.74) is 4.99.